The predicted octanol–water partition coefficient (Wildman–Crippen LogP) is 4.16. The van der Waals surface area contributed by atoms with Gasteiger partial charge in [0.1, 0.15) is 5.75 Å². The molecule has 2 unspecified atom stereocenters. The van der Waals surface area contributed by atoms with Crippen LogP contribution in [0.3, 0.4) is 0 Å². The zero-order chi connectivity index (χ0) is 20.8. The van der Waals surface area contributed by atoms with Crippen LogP contribution in [0.15, 0.2) is 42.5 Å². The van der Waals surface area contributed by atoms with Crippen molar-refractivity contribution in [2.75, 3.05) is 18.4 Å². The predicted molar refractivity (Wildman–Crippen MR) is 122 cm³/mol. The Morgan fingerprint density at radius 3 is 2.81 bits per heavy atom. The minimum absolute atomic E-state index is 0.188. The summed E-state index contributed by atoms with van der Waals surface area (Å²) in [5.74, 6) is 1.62. The Hall–Kier alpha value is -2.04. The van der Waals surface area contributed by atoms with E-state index < -0.39 is 5.60 Å². The van der Waals surface area contributed by atoms with Crippen LogP contribution in [0, 0.1) is 5.92 Å². The van der Waals surface area contributed by atoms with Gasteiger partial charge in [0.15, 0.2) is 0 Å². The molecule has 3 N–H and O–H groups in total. The summed E-state index contributed by atoms with van der Waals surface area (Å²) >= 11 is 0. The molecule has 31 heavy (non-hydrogen) atoms. The summed E-state index contributed by atoms with van der Waals surface area (Å²) in [7, 11) is 0. The van der Waals surface area contributed by atoms with Crippen LogP contribution in [0.1, 0.15) is 61.1 Å². The van der Waals surface area contributed by atoms with Crippen LogP contribution in [-0.4, -0.2) is 45.9 Å². The van der Waals surface area contributed by atoms with Gasteiger partial charge in [-0.25, -0.2) is 0 Å². The molecule has 3 aliphatic carbocycles. The Labute approximate surface area is 184 Å². The average molecular weight is 417 g/mol. The van der Waals surface area contributed by atoms with Crippen LogP contribution in [-0.2, 0) is 11.8 Å². The molecule has 0 amide bonds. The number of rotatable bonds is 2. The third-order valence-corrected chi connectivity index (χ3v) is 9.45. The van der Waals surface area contributed by atoms with Crippen LogP contribution >= 0.6 is 0 Å². The Bertz CT molecular complexity index is 1050. The highest BCUT2D eigenvalue weighted by Gasteiger charge is 2.65. The van der Waals surface area contributed by atoms with E-state index in [0.717, 1.165) is 51.1 Å². The van der Waals surface area contributed by atoms with Gasteiger partial charge in [0.05, 0.1) is 5.60 Å². The first kappa shape index (κ1) is 18.5. The van der Waals surface area contributed by atoms with Gasteiger partial charge in [-0.05, 0) is 92.3 Å². The summed E-state index contributed by atoms with van der Waals surface area (Å²) < 4.78 is 0. The van der Waals surface area contributed by atoms with Gasteiger partial charge >= 0.3 is 0 Å². The van der Waals surface area contributed by atoms with Gasteiger partial charge in [-0.3, -0.25) is 4.90 Å². The fourth-order valence-corrected chi connectivity index (χ4v) is 7.80. The summed E-state index contributed by atoms with van der Waals surface area (Å²) in [5, 5.41) is 26.9. The zero-order valence-electron chi connectivity index (χ0n) is 18.1. The lowest BCUT2D eigenvalue weighted by Crippen LogP contribution is -2.71. The SMILES string of the molecule is Oc1ccc2c(c1)[C@]13CCN(CC4CC4)[C@H](C2)[C@]1(O)CCC1c2ccccc2NC1C3. The number of aromatic hydroxyl groups is 1. The molecule has 0 spiro atoms. The van der Waals surface area contributed by atoms with Gasteiger partial charge in [-0.2, -0.15) is 0 Å². The molecular formula is C27H32N2O2. The first-order chi connectivity index (χ1) is 15.1. The van der Waals surface area contributed by atoms with Crippen LogP contribution in [0.25, 0.3) is 0 Å². The van der Waals surface area contributed by atoms with Gasteiger partial charge in [0.25, 0.3) is 0 Å². The van der Waals surface area contributed by atoms with Crippen LogP contribution in [0.5, 0.6) is 5.75 Å². The Morgan fingerprint density at radius 2 is 1.94 bits per heavy atom. The average Bonchev–Trinajstić information content (AvgIpc) is 3.53. The Morgan fingerprint density at radius 1 is 1.06 bits per heavy atom. The molecule has 2 bridgehead atoms. The number of piperidine rings is 1. The highest BCUT2D eigenvalue weighted by atomic mass is 16.3. The largest absolute Gasteiger partial charge is 0.508 e. The van der Waals surface area contributed by atoms with E-state index in [2.05, 4.69) is 40.5 Å². The molecule has 5 aliphatic rings. The summed E-state index contributed by atoms with van der Waals surface area (Å²) in [4.78, 5) is 2.63. The van der Waals surface area contributed by atoms with Crippen molar-refractivity contribution in [2.45, 2.75) is 74.0 Å². The summed E-state index contributed by atoms with van der Waals surface area (Å²) in [6.07, 6.45) is 7.38. The molecule has 2 aliphatic heterocycles. The molecule has 4 nitrogen and oxygen atoms in total. The number of benzene rings is 2. The number of aliphatic hydroxyl groups is 1. The van der Waals surface area contributed by atoms with E-state index in [1.54, 1.807) is 0 Å². The number of fused-ring (bicyclic) bond motifs is 4. The molecule has 2 aromatic carbocycles. The molecule has 2 aromatic rings. The van der Waals surface area contributed by atoms with Crippen molar-refractivity contribution in [1.29, 1.82) is 0 Å². The van der Waals surface area contributed by atoms with E-state index in [0.29, 0.717) is 17.7 Å². The second-order valence-corrected chi connectivity index (χ2v) is 10.9. The van der Waals surface area contributed by atoms with Crippen LogP contribution in [0.2, 0.25) is 0 Å². The number of hydrogen-bond acceptors (Lipinski definition) is 4. The van der Waals surface area contributed by atoms with Gasteiger partial charge in [0, 0.05) is 35.6 Å². The smallest absolute Gasteiger partial charge is 0.115 e. The molecule has 162 valence electrons. The summed E-state index contributed by atoms with van der Waals surface area (Å²) in [5.41, 5.74) is 4.22. The molecular weight excluding hydrogens is 384 g/mol. The first-order valence-electron chi connectivity index (χ1n) is 12.2. The zero-order valence-corrected chi connectivity index (χ0v) is 18.1. The van der Waals surface area contributed by atoms with E-state index in [9.17, 15) is 10.2 Å². The maximum Gasteiger partial charge on any atom is 0.115 e. The van der Waals surface area contributed by atoms with Crippen molar-refractivity contribution in [1.82, 2.24) is 4.90 Å². The van der Waals surface area contributed by atoms with Gasteiger partial charge in [-0.1, -0.05) is 24.3 Å². The molecule has 0 radical (unpaired) electrons. The van der Waals surface area contributed by atoms with E-state index in [1.807, 2.05) is 12.1 Å². The molecule has 2 saturated carbocycles. The van der Waals surface area contributed by atoms with Crippen molar-refractivity contribution in [2.24, 2.45) is 5.92 Å². The third kappa shape index (κ3) is 2.49. The Balaban J connectivity index is 1.37. The lowest BCUT2D eigenvalue weighted by atomic mass is 9.52. The quantitative estimate of drug-likeness (QED) is 0.688. The van der Waals surface area contributed by atoms with E-state index >= 15 is 0 Å². The molecule has 0 aromatic heterocycles. The minimum Gasteiger partial charge on any atom is -0.508 e. The van der Waals surface area contributed by atoms with Crippen molar-refractivity contribution in [3.05, 3.63) is 59.2 Å². The standard InChI is InChI=1S/C27H32N2O2/c30-19-8-7-18-13-25-27(31)10-9-21-20-3-1-2-4-23(20)28-24(21)15-26(27,22(18)14-19)11-12-29(25)16-17-5-6-17/h1-4,7-8,14,17,21,24-25,28,30-31H,5-6,9-13,15-16H2/t21?,24?,25-,26-,27-/m1/s1. The van der Waals surface area contributed by atoms with Gasteiger partial charge < -0.3 is 15.5 Å². The lowest BCUT2D eigenvalue weighted by molar-refractivity contribution is -0.151. The van der Waals surface area contributed by atoms with Crippen molar-refractivity contribution in [3.8, 4) is 5.75 Å². The van der Waals surface area contributed by atoms with Crippen LogP contribution in [0.4, 0.5) is 5.69 Å². The fourth-order valence-electron chi connectivity index (χ4n) is 7.80. The molecule has 4 heteroatoms. The number of phenolic OH excluding ortho intramolecular Hbond substituents is 1. The fraction of sp³-hybridized carbons (Fsp3) is 0.556. The maximum absolute atomic E-state index is 12.6. The van der Waals surface area contributed by atoms with E-state index in [1.165, 1.54) is 35.2 Å². The lowest BCUT2D eigenvalue weighted by Gasteiger charge is -2.62. The van der Waals surface area contributed by atoms with Gasteiger partial charge in [0.2, 0.25) is 0 Å². The van der Waals surface area contributed by atoms with E-state index in [4.69, 9.17) is 0 Å². The molecule has 3 fully saturated rings. The highest BCUT2D eigenvalue weighted by molar-refractivity contribution is 5.60. The highest BCUT2D eigenvalue weighted by Crippen LogP contribution is 2.61. The van der Waals surface area contributed by atoms with E-state index in [-0.39, 0.29) is 11.5 Å². The molecule has 5 atom stereocenters. The Kier molecular flexibility index (Phi) is 3.74. The minimum atomic E-state index is -0.734. The topological polar surface area (TPSA) is 55.7 Å². The number of phenols is 1. The van der Waals surface area contributed by atoms with Crippen molar-refractivity contribution < 1.29 is 10.2 Å². The van der Waals surface area contributed by atoms with Crippen molar-refractivity contribution in [3.63, 3.8) is 0 Å². The third-order valence-electron chi connectivity index (χ3n) is 9.45. The number of para-hydroxylation sites is 1. The normalized spacial score (nSPS) is 38.3. The number of hydrogen-bond donors (Lipinski definition) is 3. The molecule has 1 saturated heterocycles. The second-order valence-electron chi connectivity index (χ2n) is 10.9. The molecule has 2 heterocycles. The second kappa shape index (κ2) is 6.26. The monoisotopic (exact) mass is 416 g/mol. The number of likely N-dealkylation sites (tertiary alicyclic amines) is 1. The van der Waals surface area contributed by atoms with Crippen LogP contribution < -0.4 is 5.32 Å². The number of anilines is 1. The van der Waals surface area contributed by atoms with Gasteiger partial charge in [-0.15, -0.1) is 0 Å². The number of nitrogens with one attached hydrogen (secondary N) is 1. The first-order valence-corrected chi connectivity index (χ1v) is 12.2. The summed E-state index contributed by atoms with van der Waals surface area (Å²) in [6.45, 7) is 2.20. The maximum atomic E-state index is 12.6. The summed E-state index contributed by atoms with van der Waals surface area (Å²) in [6, 6.07) is 15.2. The number of nitrogens with zero attached hydrogens (tertiary/aromatic N) is 1. The molecule has 7 rings (SSSR count). The van der Waals surface area contributed by atoms with Crippen molar-refractivity contribution >= 4 is 5.69 Å².